The van der Waals surface area contributed by atoms with Crippen LogP contribution in [0.1, 0.15) is 22.3 Å². The quantitative estimate of drug-likeness (QED) is 0.0967. The normalized spacial score (nSPS) is 13.4. The van der Waals surface area contributed by atoms with Crippen LogP contribution in [-0.4, -0.2) is 47.7 Å². The van der Waals surface area contributed by atoms with Crippen LogP contribution in [0, 0.1) is 0 Å². The van der Waals surface area contributed by atoms with Crippen LogP contribution in [0.15, 0.2) is 132 Å². The highest BCUT2D eigenvalue weighted by Crippen LogP contribution is 2.43. The number of methoxy groups -OCH3 is 2. The maximum atomic E-state index is 13.4. The van der Waals surface area contributed by atoms with Crippen molar-refractivity contribution in [1.82, 2.24) is 9.55 Å². The van der Waals surface area contributed by atoms with Gasteiger partial charge < -0.3 is 28.9 Å². The third-order valence-electron chi connectivity index (χ3n) is 7.63. The van der Waals surface area contributed by atoms with Gasteiger partial charge in [-0.2, -0.15) is 4.98 Å². The van der Waals surface area contributed by atoms with E-state index in [-0.39, 0.29) is 19.8 Å². The Labute approximate surface area is 274 Å². The maximum Gasteiger partial charge on any atom is 0.353 e. The molecule has 0 aliphatic heterocycles. The Morgan fingerprint density at radius 3 is 1.96 bits per heavy atom. The highest BCUT2D eigenvalue weighted by molar-refractivity contribution is 7.52. The fourth-order valence-corrected chi connectivity index (χ4v) is 6.13. The average molecular weight is 656 g/mol. The summed E-state index contributed by atoms with van der Waals surface area (Å²) in [5.74, 6) is 1.07. The number of nitrogens with one attached hydrogen (secondary N) is 1. The van der Waals surface area contributed by atoms with Gasteiger partial charge in [0, 0.05) is 13.3 Å². The summed E-state index contributed by atoms with van der Waals surface area (Å²) >= 11 is 0. The number of anilines is 1. The summed E-state index contributed by atoms with van der Waals surface area (Å²) in [4.78, 5) is 28.1. The van der Waals surface area contributed by atoms with Gasteiger partial charge in [-0.05, 0) is 40.5 Å². The zero-order valence-corrected chi connectivity index (χ0v) is 27.2. The molecule has 10 nitrogen and oxygen atoms in total. The fraction of sp³-hybridized carbons (Fsp3) is 0.222. The smallest absolute Gasteiger partial charge is 0.353 e. The molecular weight excluding hydrogens is 617 g/mol. The number of hydrogen-bond donors (Lipinski definition) is 2. The largest absolute Gasteiger partial charge is 0.497 e. The molecule has 0 radical (unpaired) electrons. The molecule has 47 heavy (non-hydrogen) atoms. The predicted octanol–water partition coefficient (Wildman–Crippen LogP) is 6.05. The highest BCUT2D eigenvalue weighted by Gasteiger charge is 2.37. The van der Waals surface area contributed by atoms with Crippen LogP contribution in [0.5, 0.6) is 5.75 Å². The van der Waals surface area contributed by atoms with Crippen molar-refractivity contribution < 1.29 is 28.2 Å². The Hall–Kier alpha value is -4.57. The van der Waals surface area contributed by atoms with E-state index in [4.69, 9.17) is 18.7 Å². The molecule has 4 aromatic carbocycles. The molecule has 0 bridgehead atoms. The van der Waals surface area contributed by atoms with Gasteiger partial charge in [0.1, 0.15) is 23.5 Å². The van der Waals surface area contributed by atoms with E-state index in [1.54, 1.807) is 31.5 Å². The van der Waals surface area contributed by atoms with Crippen molar-refractivity contribution >= 4 is 13.4 Å². The molecular formula is C36H38N3O7P. The molecule has 0 aliphatic rings. The molecule has 0 fully saturated rings. The zero-order valence-electron chi connectivity index (χ0n) is 26.3. The summed E-state index contributed by atoms with van der Waals surface area (Å²) in [7, 11) is -0.965. The van der Waals surface area contributed by atoms with Crippen molar-refractivity contribution in [2.45, 2.75) is 24.8 Å². The first-order chi connectivity index (χ1) is 22.8. The SMILES string of the molecule is COC[C@H](Cn1ccc(NC(c2ccccc2)(c2ccccc2)c2ccc(OC)cc2)nc1=O)OCP(=O)(O)OCc1ccccc1. The van der Waals surface area contributed by atoms with Gasteiger partial charge in [-0.1, -0.05) is 103 Å². The summed E-state index contributed by atoms with van der Waals surface area (Å²) in [5, 5.41) is 3.59. The molecule has 0 aliphatic carbocycles. The van der Waals surface area contributed by atoms with Gasteiger partial charge >= 0.3 is 13.3 Å². The van der Waals surface area contributed by atoms with Crippen LogP contribution in [-0.2, 0) is 37.3 Å². The molecule has 1 heterocycles. The first-order valence-corrected chi connectivity index (χ1v) is 16.8. The topological polar surface area (TPSA) is 121 Å². The Morgan fingerprint density at radius 1 is 0.830 bits per heavy atom. The zero-order chi connectivity index (χ0) is 33.1. The molecule has 5 aromatic rings. The van der Waals surface area contributed by atoms with E-state index in [0.29, 0.717) is 5.82 Å². The molecule has 1 unspecified atom stereocenters. The Bertz CT molecular complexity index is 1760. The number of hydrogen-bond acceptors (Lipinski definition) is 8. The maximum absolute atomic E-state index is 13.4. The van der Waals surface area contributed by atoms with Crippen LogP contribution in [0.3, 0.4) is 0 Å². The Morgan fingerprint density at radius 2 is 1.40 bits per heavy atom. The predicted molar refractivity (Wildman–Crippen MR) is 181 cm³/mol. The number of nitrogens with zero attached hydrogens (tertiary/aromatic N) is 2. The second-order valence-corrected chi connectivity index (χ2v) is 12.6. The van der Waals surface area contributed by atoms with E-state index < -0.39 is 31.3 Å². The standard InChI is InChI=1S/C36H38N3O7P/c1-43-26-33(45-27-47(41,42)46-25-28-12-6-3-7-13-28)24-39-23-22-34(37-35(39)40)38-36(29-14-8-4-9-15-29,30-16-10-5-11-17-30)31-18-20-32(44-2)21-19-31/h3-23,33H,24-27H2,1-2H3,(H,41,42)(H,37,38,40)/t33-/m0/s1. The van der Waals surface area contributed by atoms with Gasteiger partial charge in [-0.15, -0.1) is 0 Å². The summed E-state index contributed by atoms with van der Waals surface area (Å²) in [6, 6.07) is 38.5. The van der Waals surface area contributed by atoms with Crippen molar-refractivity contribution in [1.29, 1.82) is 0 Å². The molecule has 0 spiro atoms. The Balaban J connectivity index is 1.39. The van der Waals surface area contributed by atoms with Crippen LogP contribution in [0.25, 0.3) is 0 Å². The number of ether oxygens (including phenoxy) is 3. The lowest BCUT2D eigenvalue weighted by Gasteiger charge is -2.37. The highest BCUT2D eigenvalue weighted by atomic mass is 31.2. The molecule has 0 saturated heterocycles. The lowest BCUT2D eigenvalue weighted by Crippen LogP contribution is -2.39. The van der Waals surface area contributed by atoms with Crippen molar-refractivity contribution in [2.24, 2.45) is 0 Å². The van der Waals surface area contributed by atoms with Gasteiger partial charge in [-0.25, -0.2) is 4.79 Å². The monoisotopic (exact) mass is 655 g/mol. The van der Waals surface area contributed by atoms with Crippen molar-refractivity contribution in [2.75, 3.05) is 32.5 Å². The second kappa shape index (κ2) is 15.8. The summed E-state index contributed by atoms with van der Waals surface area (Å²) in [6.07, 6.45) is 0.336. The molecule has 2 atom stereocenters. The lowest BCUT2D eigenvalue weighted by molar-refractivity contribution is 0.00104. The molecule has 11 heteroatoms. The lowest BCUT2D eigenvalue weighted by atomic mass is 9.77. The second-order valence-electron chi connectivity index (χ2n) is 10.9. The third kappa shape index (κ3) is 8.62. The van der Waals surface area contributed by atoms with E-state index >= 15 is 0 Å². The molecule has 1 aromatic heterocycles. The van der Waals surface area contributed by atoms with E-state index in [2.05, 4.69) is 10.3 Å². The molecule has 244 valence electrons. The van der Waals surface area contributed by atoms with E-state index in [0.717, 1.165) is 28.0 Å². The summed E-state index contributed by atoms with van der Waals surface area (Å²) < 4.78 is 35.7. The van der Waals surface area contributed by atoms with Crippen LogP contribution >= 0.6 is 7.60 Å². The minimum atomic E-state index is -4.08. The van der Waals surface area contributed by atoms with Crippen molar-refractivity contribution in [3.8, 4) is 5.75 Å². The number of aromatic nitrogens is 2. The summed E-state index contributed by atoms with van der Waals surface area (Å²) in [6.45, 7) is 0.0854. The van der Waals surface area contributed by atoms with Crippen molar-refractivity contribution in [3.63, 3.8) is 0 Å². The molecule has 2 N–H and O–H groups in total. The van der Waals surface area contributed by atoms with Gasteiger partial charge in [0.15, 0.2) is 0 Å². The first kappa shape index (κ1) is 33.8. The number of benzene rings is 4. The van der Waals surface area contributed by atoms with E-state index in [1.807, 2.05) is 103 Å². The van der Waals surface area contributed by atoms with Gasteiger partial charge in [0.2, 0.25) is 0 Å². The van der Waals surface area contributed by atoms with Crippen LogP contribution in [0.2, 0.25) is 0 Å². The molecule has 0 saturated carbocycles. The van der Waals surface area contributed by atoms with Gasteiger partial charge in [0.25, 0.3) is 0 Å². The fourth-order valence-electron chi connectivity index (χ4n) is 5.31. The minimum absolute atomic E-state index is 0.0330. The van der Waals surface area contributed by atoms with Crippen molar-refractivity contribution in [3.05, 3.63) is 160 Å². The van der Waals surface area contributed by atoms with Gasteiger partial charge in [-0.3, -0.25) is 9.13 Å². The first-order valence-electron chi connectivity index (χ1n) is 15.0. The average Bonchev–Trinajstić information content (AvgIpc) is 3.11. The molecule has 5 rings (SSSR count). The third-order valence-corrected chi connectivity index (χ3v) is 8.64. The minimum Gasteiger partial charge on any atom is -0.497 e. The number of rotatable bonds is 16. The molecule has 0 amide bonds. The Kier molecular flexibility index (Phi) is 11.4. The van der Waals surface area contributed by atoms with Crippen LogP contribution < -0.4 is 15.7 Å². The van der Waals surface area contributed by atoms with Crippen LogP contribution in [0.4, 0.5) is 5.82 Å². The summed E-state index contributed by atoms with van der Waals surface area (Å²) in [5.41, 5.74) is 2.12. The van der Waals surface area contributed by atoms with Gasteiger partial charge in [0.05, 0.1) is 33.0 Å². The van der Waals surface area contributed by atoms with E-state index in [9.17, 15) is 14.3 Å². The van der Waals surface area contributed by atoms with E-state index in [1.165, 1.54) is 11.7 Å².